The van der Waals surface area contributed by atoms with Crippen LogP contribution in [-0.4, -0.2) is 357 Å². The normalized spacial score (nSPS) is 26.7. The Labute approximate surface area is 855 Å². The van der Waals surface area contributed by atoms with Crippen LogP contribution in [0.2, 0.25) is 0 Å². The van der Waals surface area contributed by atoms with Crippen molar-refractivity contribution in [1.82, 2.24) is 96.3 Å². The average Bonchev–Trinajstić information content (AvgIpc) is 0.815. The van der Waals surface area contributed by atoms with Gasteiger partial charge >= 0.3 is 54.3 Å². The zero-order valence-electron chi connectivity index (χ0n) is 80.3. The van der Waals surface area contributed by atoms with Gasteiger partial charge in [-0.3, -0.25) is 34.0 Å². The molecule has 9 N–H and O–H groups in total. The molecule has 3 amide bonds. The van der Waals surface area contributed by atoms with E-state index in [-0.39, 0.29) is 138 Å². The van der Waals surface area contributed by atoms with Crippen molar-refractivity contribution in [3.63, 3.8) is 0 Å². The Kier molecular flexibility index (Phi) is 37.2. The van der Waals surface area contributed by atoms with Gasteiger partial charge in [-0.25, -0.2) is 19.9 Å². The minimum atomic E-state index is -4.39. The van der Waals surface area contributed by atoms with Crippen molar-refractivity contribution in [2.75, 3.05) is 203 Å². The van der Waals surface area contributed by atoms with Crippen LogP contribution >= 0.6 is 0 Å². The largest absolute Gasteiger partial charge is 1.00 e. The van der Waals surface area contributed by atoms with Gasteiger partial charge in [0.25, 0.3) is 0 Å². The predicted molar refractivity (Wildman–Crippen MR) is 497 cm³/mol. The molecule has 50 heteroatoms. The number of alkyl halides is 12. The first-order valence-electron chi connectivity index (χ1n) is 48.6. The van der Waals surface area contributed by atoms with Crippen LogP contribution in [-0.2, 0) is 62.8 Å². The van der Waals surface area contributed by atoms with Gasteiger partial charge in [-0.15, -0.1) is 20.4 Å². The van der Waals surface area contributed by atoms with Crippen LogP contribution in [0, 0.1) is 47.3 Å². The number of aromatic nitrogens is 12. The van der Waals surface area contributed by atoms with Gasteiger partial charge in [0, 0.05) is 205 Å². The average molecular weight is 2070 g/mol. The van der Waals surface area contributed by atoms with Gasteiger partial charge in [0.15, 0.2) is 0 Å². The Hall–Kier alpha value is -10.4. The number of piperazine rings is 4. The van der Waals surface area contributed by atoms with E-state index in [1.807, 2.05) is 19.6 Å². The van der Waals surface area contributed by atoms with Gasteiger partial charge in [0.2, 0.25) is 41.5 Å². The number of ether oxygens (including phenoxy) is 4. The van der Waals surface area contributed by atoms with Crippen molar-refractivity contribution >= 4 is 47.5 Å². The number of nitrogens with one attached hydrogen (secondary N) is 3. The molecule has 4 saturated carbocycles. The zero-order valence-corrected chi connectivity index (χ0v) is 82.3. The van der Waals surface area contributed by atoms with Crippen LogP contribution in [0.15, 0.2) is 122 Å². The summed E-state index contributed by atoms with van der Waals surface area (Å²) in [6.45, 7) is 15.0. The van der Waals surface area contributed by atoms with E-state index in [0.29, 0.717) is 258 Å². The molecule has 8 bridgehead atoms. The van der Waals surface area contributed by atoms with Crippen LogP contribution < -0.4 is 75.9 Å². The molecule has 20 rings (SSSR count). The molecule has 4 aliphatic carbocycles. The van der Waals surface area contributed by atoms with Gasteiger partial charge in [0.1, 0.15) is 0 Å². The summed E-state index contributed by atoms with van der Waals surface area (Å²) >= 11 is 0. The number of amides is 3. The Morgan fingerprint density at radius 1 is 0.315 bits per heavy atom. The van der Waals surface area contributed by atoms with Crippen molar-refractivity contribution in [3.8, 4) is 45.0 Å². The molecule has 8 atom stereocenters. The molecule has 8 aromatic rings. The molecule has 12 aliphatic rings. The number of carbonyl (C=O) groups is 4. The van der Waals surface area contributed by atoms with E-state index in [0.717, 1.165) is 99.9 Å². The summed E-state index contributed by atoms with van der Waals surface area (Å²) in [4.78, 5) is 82.1. The SMILES string of the molecule is NC1CC2COCC(C1)C2O.O=C(CN1CCN(c2nncc(-c3ccc(C(F)(F)F)cc3)n2)CC1)NC1CC2COCC(C1)C2O.O=C(CN1CCN(c2nncc(-c3ccc(C(F)(F)F)cc3)n2)CC1)NC1CC2COCC(C1)C2O.O=C(CN1CCN(c2nncc(-c3ccc(C(F)(F)F)cc3)n2)CC1)NC1CC2COCC(C1)C2O.O=C([O-])CN1CCN(c2nncc(-c3ccc(C(F)(F)F)cc3)n2)CC1.[Na+]. The molecule has 0 radical (unpaired) electrons. The number of anilines is 4. The van der Waals surface area contributed by atoms with Gasteiger partial charge in [0.05, 0.1) is 173 Å². The summed E-state index contributed by atoms with van der Waals surface area (Å²) in [5.74, 6) is 1.49. The predicted octanol–water partition coefficient (Wildman–Crippen LogP) is 1.91. The Morgan fingerprint density at radius 3 is 0.699 bits per heavy atom. The number of halogens is 12. The number of aliphatic hydroxyl groups excluding tert-OH is 4. The number of hydrogen-bond donors (Lipinski definition) is 8. The second kappa shape index (κ2) is 49.4. The topological polar surface area (TPSA) is 452 Å². The number of carboxylic acid groups (broad SMARTS) is 1. The first-order chi connectivity index (χ1) is 69.4. The second-order valence-corrected chi connectivity index (χ2v) is 38.9. The van der Waals surface area contributed by atoms with Crippen LogP contribution in [0.25, 0.3) is 45.0 Å². The molecule has 8 unspecified atom stereocenters. The quantitative estimate of drug-likeness (QED) is 0.0423. The van der Waals surface area contributed by atoms with E-state index < -0.39 is 52.9 Å². The van der Waals surface area contributed by atoms with E-state index in [2.05, 4.69) is 91.4 Å². The monoisotopic (exact) mass is 2060 g/mol. The van der Waals surface area contributed by atoms with Crippen molar-refractivity contribution in [3.05, 3.63) is 144 Å². The molecule has 12 fully saturated rings. The van der Waals surface area contributed by atoms with Crippen molar-refractivity contribution in [2.45, 2.75) is 125 Å². The molecule has 146 heavy (non-hydrogen) atoms. The number of fused-ring (bicyclic) bond motifs is 8. The third-order valence-electron chi connectivity index (χ3n) is 28.6. The third-order valence-corrected chi connectivity index (χ3v) is 28.6. The minimum absolute atomic E-state index is 0. The summed E-state index contributed by atoms with van der Waals surface area (Å²) in [6.07, 6.45) is -6.81. The molecule has 8 aliphatic heterocycles. The van der Waals surface area contributed by atoms with Crippen molar-refractivity contribution in [1.29, 1.82) is 0 Å². The molecule has 12 heterocycles. The number of rotatable bonds is 19. The summed E-state index contributed by atoms with van der Waals surface area (Å²) < 4.78 is 175. The van der Waals surface area contributed by atoms with Gasteiger partial charge in [-0.05, 0) is 99.9 Å². The minimum Gasteiger partial charge on any atom is -0.549 e. The zero-order chi connectivity index (χ0) is 102. The van der Waals surface area contributed by atoms with E-state index in [1.54, 1.807) is 4.90 Å². The first-order valence-corrected chi connectivity index (χ1v) is 48.6. The second-order valence-electron chi connectivity index (χ2n) is 38.9. The van der Waals surface area contributed by atoms with Crippen LogP contribution in [0.1, 0.15) is 73.6 Å². The number of nitrogens with two attached hydrogens (primary N) is 1. The van der Waals surface area contributed by atoms with Crippen LogP contribution in [0.5, 0.6) is 0 Å². The van der Waals surface area contributed by atoms with Crippen LogP contribution in [0.4, 0.5) is 76.5 Å². The number of carboxylic acids is 1. The fourth-order valence-corrected chi connectivity index (χ4v) is 20.8. The van der Waals surface area contributed by atoms with Crippen molar-refractivity contribution < 1.29 is 146 Å². The fourth-order valence-electron chi connectivity index (χ4n) is 20.8. The number of nitrogens with zero attached hydrogens (tertiary/aromatic N) is 20. The smallest absolute Gasteiger partial charge is 0.549 e. The molecule has 0 spiro atoms. The van der Waals surface area contributed by atoms with E-state index in [9.17, 15) is 97.4 Å². The van der Waals surface area contributed by atoms with E-state index in [4.69, 9.17) is 24.7 Å². The Balaban J connectivity index is 0.000000141. The van der Waals surface area contributed by atoms with Gasteiger partial charge in [-0.1, -0.05) is 48.5 Å². The first kappa shape index (κ1) is 110. The molecule has 4 aromatic carbocycles. The molecule has 37 nitrogen and oxygen atoms in total. The Morgan fingerprint density at radius 2 is 0.507 bits per heavy atom. The summed E-state index contributed by atoms with van der Waals surface area (Å²) in [6, 6.07) is 19.6. The maximum absolute atomic E-state index is 12.8. The van der Waals surface area contributed by atoms with Gasteiger partial charge in [-0.2, -0.15) is 73.1 Å². The standard InChI is InChI=1S/3C24H29F3N6O3.C16H16F3N5O2.C8H15NO2.Na/c3*25-24(26,27)18-3-1-15(2-4-18)20-11-28-31-23(30-20)33-7-5-32(6-8-33)12-21(34)29-19-9-16-13-36-14-17(10-19)22(16)35;17-16(18,19)12-3-1-11(2-4-12)13-9-20-22-15(21-13)24-7-5-23(6-8-24)10-14(25)26;9-7-1-5-3-11-4-6(2-7)8(5)10;/h3*1-4,11,16-17,19,22,35H,5-10,12-14H2,(H,29,34);1-4,9H,5-8,10H2,(H,25,26);5-8,10H,1-4,9H2;/q;;;;;+1/p-1. The number of hydrogen-bond acceptors (Lipinski definition) is 34. The molecule has 8 saturated heterocycles. The third kappa shape index (κ3) is 29.6. The number of aliphatic carboxylic acids is 1. The van der Waals surface area contributed by atoms with Crippen molar-refractivity contribution in [2.24, 2.45) is 53.1 Å². The van der Waals surface area contributed by atoms with Crippen LogP contribution in [0.3, 0.4) is 0 Å². The number of aliphatic hydroxyl groups is 4. The summed E-state index contributed by atoms with van der Waals surface area (Å²) in [5, 5.41) is 92.7. The maximum Gasteiger partial charge on any atom is 1.00 e. The fraction of sp³-hybridized carbons (Fsp3) is 0.583. The molecular formula is C96H117F12N24NaO13. The van der Waals surface area contributed by atoms with E-state index >= 15 is 0 Å². The summed E-state index contributed by atoms with van der Waals surface area (Å²) in [5.41, 5.74) is 6.79. The number of benzene rings is 4. The summed E-state index contributed by atoms with van der Waals surface area (Å²) in [7, 11) is 0. The maximum atomic E-state index is 12.8. The molecular weight excluding hydrogens is 1950 g/mol. The Bertz CT molecular complexity index is 5130. The van der Waals surface area contributed by atoms with Gasteiger partial charge < -0.3 is 90.6 Å². The van der Waals surface area contributed by atoms with E-state index in [1.165, 1.54) is 73.3 Å². The molecule has 784 valence electrons. The number of carbonyl (C=O) groups excluding carboxylic acids is 4. The molecule has 4 aromatic heterocycles.